The molecule has 3 rings (SSSR count). The van der Waals surface area contributed by atoms with Gasteiger partial charge in [-0.3, -0.25) is 4.79 Å². The number of nitrogen functional groups attached to an aromatic ring is 1. The number of fused-ring (bicyclic) bond motifs is 1. The maximum atomic E-state index is 11.9. The number of carbonyl (C=O) groups excluding carboxylic acids is 1. The second kappa shape index (κ2) is 3.47. The lowest BCUT2D eigenvalue weighted by Crippen LogP contribution is -2.18. The van der Waals surface area contributed by atoms with Crippen LogP contribution in [0.2, 0.25) is 0 Å². The maximum Gasteiger partial charge on any atom is 0.229 e. The van der Waals surface area contributed by atoms with Gasteiger partial charge in [0.25, 0.3) is 0 Å². The van der Waals surface area contributed by atoms with Crippen molar-refractivity contribution in [1.82, 2.24) is 4.98 Å². The second-order valence-corrected chi connectivity index (χ2v) is 4.71. The topological polar surface area (TPSA) is 68.0 Å². The van der Waals surface area contributed by atoms with Crippen LogP contribution in [0.1, 0.15) is 19.3 Å². The first-order chi connectivity index (χ1) is 7.77. The highest BCUT2D eigenvalue weighted by atomic mass is 16.2. The predicted octanol–water partition coefficient (Wildman–Crippen LogP) is 1.65. The molecule has 0 aliphatic heterocycles. The molecular formula is C12H15N3O. The van der Waals surface area contributed by atoms with Gasteiger partial charge in [-0.1, -0.05) is 6.42 Å². The second-order valence-electron chi connectivity index (χ2n) is 4.71. The molecule has 4 heteroatoms. The number of nitrogens with two attached hydrogens (primary N) is 1. The normalized spacial score (nSPS) is 30.9. The summed E-state index contributed by atoms with van der Waals surface area (Å²) in [4.78, 5) is 16.0. The molecule has 0 spiro atoms. The Kier molecular flexibility index (Phi) is 2.09. The van der Waals surface area contributed by atoms with E-state index in [1.165, 1.54) is 19.3 Å². The van der Waals surface area contributed by atoms with Gasteiger partial charge in [-0.2, -0.15) is 0 Å². The number of anilines is 2. The van der Waals surface area contributed by atoms with Crippen molar-refractivity contribution in [3.05, 3.63) is 18.3 Å². The summed E-state index contributed by atoms with van der Waals surface area (Å²) in [5, 5.41) is 2.83. The quantitative estimate of drug-likeness (QED) is 0.791. The van der Waals surface area contributed by atoms with Crippen molar-refractivity contribution in [2.45, 2.75) is 19.3 Å². The highest BCUT2D eigenvalue weighted by Gasteiger charge is 2.56. The number of aromatic nitrogens is 1. The van der Waals surface area contributed by atoms with Gasteiger partial charge >= 0.3 is 0 Å². The number of nitrogens with zero attached hydrogens (tertiary/aromatic N) is 1. The number of rotatable bonds is 2. The third kappa shape index (κ3) is 1.45. The molecule has 0 aromatic carbocycles. The number of pyridine rings is 1. The molecule has 2 aliphatic carbocycles. The van der Waals surface area contributed by atoms with Crippen molar-refractivity contribution < 1.29 is 4.79 Å². The summed E-state index contributed by atoms with van der Waals surface area (Å²) in [5.74, 6) is 2.07. The van der Waals surface area contributed by atoms with Crippen LogP contribution in [0.25, 0.3) is 0 Å². The molecule has 2 aliphatic rings. The monoisotopic (exact) mass is 217 g/mol. The van der Waals surface area contributed by atoms with E-state index in [0.717, 1.165) is 0 Å². The highest BCUT2D eigenvalue weighted by Crippen LogP contribution is 2.57. The minimum atomic E-state index is 0.0973. The number of hydrogen-bond donors (Lipinski definition) is 2. The SMILES string of the molecule is Nc1cccnc1NC(=O)C1C2CCCC21. The van der Waals surface area contributed by atoms with Crippen LogP contribution in [0.15, 0.2) is 18.3 Å². The first-order valence-corrected chi connectivity index (χ1v) is 5.79. The minimum Gasteiger partial charge on any atom is -0.396 e. The number of amides is 1. The predicted molar refractivity (Wildman–Crippen MR) is 61.6 cm³/mol. The van der Waals surface area contributed by atoms with E-state index in [0.29, 0.717) is 23.3 Å². The van der Waals surface area contributed by atoms with Crippen molar-refractivity contribution in [2.75, 3.05) is 11.1 Å². The fraction of sp³-hybridized carbons (Fsp3) is 0.500. The van der Waals surface area contributed by atoms with Crippen LogP contribution in [-0.4, -0.2) is 10.9 Å². The average molecular weight is 217 g/mol. The van der Waals surface area contributed by atoms with Crippen molar-refractivity contribution in [2.24, 2.45) is 17.8 Å². The van der Waals surface area contributed by atoms with Crippen LogP contribution in [-0.2, 0) is 4.79 Å². The molecule has 3 N–H and O–H groups in total. The smallest absolute Gasteiger partial charge is 0.229 e. The van der Waals surface area contributed by atoms with Gasteiger partial charge in [-0.15, -0.1) is 0 Å². The van der Waals surface area contributed by atoms with E-state index in [1.807, 2.05) is 0 Å². The van der Waals surface area contributed by atoms with E-state index in [1.54, 1.807) is 18.3 Å². The largest absolute Gasteiger partial charge is 0.396 e. The molecule has 2 fully saturated rings. The number of carbonyl (C=O) groups is 1. The molecule has 0 radical (unpaired) electrons. The Labute approximate surface area is 94.2 Å². The van der Waals surface area contributed by atoms with E-state index < -0.39 is 0 Å². The zero-order chi connectivity index (χ0) is 11.1. The molecule has 1 amide bonds. The Morgan fingerprint density at radius 3 is 2.88 bits per heavy atom. The summed E-state index contributed by atoms with van der Waals surface area (Å²) in [7, 11) is 0. The van der Waals surface area contributed by atoms with Crippen LogP contribution in [0.3, 0.4) is 0 Å². The first kappa shape index (κ1) is 9.63. The summed E-state index contributed by atoms with van der Waals surface area (Å²) in [6.45, 7) is 0. The molecule has 2 atom stereocenters. The van der Waals surface area contributed by atoms with Crippen molar-refractivity contribution >= 4 is 17.4 Å². The lowest BCUT2D eigenvalue weighted by atomic mass is 10.1. The molecule has 4 nitrogen and oxygen atoms in total. The van der Waals surface area contributed by atoms with Crippen LogP contribution in [0.4, 0.5) is 11.5 Å². The minimum absolute atomic E-state index is 0.0973. The lowest BCUT2D eigenvalue weighted by molar-refractivity contribution is -0.118. The van der Waals surface area contributed by atoms with Crippen LogP contribution >= 0.6 is 0 Å². The van der Waals surface area contributed by atoms with Crippen LogP contribution in [0, 0.1) is 17.8 Å². The molecular weight excluding hydrogens is 202 g/mol. The zero-order valence-corrected chi connectivity index (χ0v) is 9.02. The highest BCUT2D eigenvalue weighted by molar-refractivity contribution is 5.96. The van der Waals surface area contributed by atoms with E-state index in [4.69, 9.17) is 5.73 Å². The Morgan fingerprint density at radius 1 is 1.44 bits per heavy atom. The Morgan fingerprint density at radius 2 is 2.19 bits per heavy atom. The third-order valence-corrected chi connectivity index (χ3v) is 3.79. The van der Waals surface area contributed by atoms with Gasteiger partial charge in [0.15, 0.2) is 5.82 Å². The summed E-state index contributed by atoms with van der Waals surface area (Å²) in [6, 6.07) is 3.51. The van der Waals surface area contributed by atoms with Crippen LogP contribution < -0.4 is 11.1 Å². The zero-order valence-electron chi connectivity index (χ0n) is 9.02. The van der Waals surface area contributed by atoms with Gasteiger partial charge in [-0.05, 0) is 36.8 Å². The number of hydrogen-bond acceptors (Lipinski definition) is 3. The summed E-state index contributed by atoms with van der Waals surface area (Å²) >= 11 is 0. The van der Waals surface area contributed by atoms with E-state index in [-0.39, 0.29) is 11.8 Å². The molecule has 1 aromatic heterocycles. The van der Waals surface area contributed by atoms with E-state index >= 15 is 0 Å². The van der Waals surface area contributed by atoms with Crippen molar-refractivity contribution in [1.29, 1.82) is 0 Å². The third-order valence-electron chi connectivity index (χ3n) is 3.79. The molecule has 0 bridgehead atoms. The van der Waals surface area contributed by atoms with Crippen LogP contribution in [0.5, 0.6) is 0 Å². The summed E-state index contributed by atoms with van der Waals surface area (Å²) < 4.78 is 0. The summed E-state index contributed by atoms with van der Waals surface area (Å²) in [6.07, 6.45) is 5.34. The van der Waals surface area contributed by atoms with Gasteiger partial charge in [0.05, 0.1) is 5.69 Å². The van der Waals surface area contributed by atoms with E-state index in [9.17, 15) is 4.79 Å². The molecule has 84 valence electrons. The van der Waals surface area contributed by atoms with Crippen molar-refractivity contribution in [3.8, 4) is 0 Å². The van der Waals surface area contributed by atoms with Gasteiger partial charge in [-0.25, -0.2) is 4.98 Å². The Bertz CT molecular complexity index is 422. The Balaban J connectivity index is 1.68. The average Bonchev–Trinajstić information content (AvgIpc) is 2.76. The van der Waals surface area contributed by atoms with Gasteiger partial charge < -0.3 is 11.1 Å². The van der Waals surface area contributed by atoms with Crippen molar-refractivity contribution in [3.63, 3.8) is 0 Å². The Hall–Kier alpha value is -1.58. The van der Waals surface area contributed by atoms with Gasteiger partial charge in [0.2, 0.25) is 5.91 Å². The standard InChI is InChI=1S/C12H15N3O/c13-9-5-2-6-14-11(9)15-12(16)10-7-3-1-4-8(7)10/h2,5-8,10H,1,3-4,13H2,(H,14,15,16). The van der Waals surface area contributed by atoms with Gasteiger partial charge in [0, 0.05) is 12.1 Å². The molecule has 0 saturated heterocycles. The summed E-state index contributed by atoms with van der Waals surface area (Å²) in [5.41, 5.74) is 6.26. The molecule has 1 heterocycles. The van der Waals surface area contributed by atoms with E-state index in [2.05, 4.69) is 10.3 Å². The first-order valence-electron chi connectivity index (χ1n) is 5.79. The number of nitrogens with one attached hydrogen (secondary N) is 1. The maximum absolute atomic E-state index is 11.9. The fourth-order valence-corrected chi connectivity index (χ4v) is 2.93. The fourth-order valence-electron chi connectivity index (χ4n) is 2.93. The lowest BCUT2D eigenvalue weighted by Gasteiger charge is -2.07. The molecule has 16 heavy (non-hydrogen) atoms. The molecule has 2 saturated carbocycles. The molecule has 1 aromatic rings. The van der Waals surface area contributed by atoms with Gasteiger partial charge in [0.1, 0.15) is 0 Å². The molecule has 2 unspecified atom stereocenters.